The van der Waals surface area contributed by atoms with Crippen LogP contribution in [0.5, 0.6) is 5.75 Å². The minimum Gasteiger partial charge on any atom is -0.489 e. The monoisotopic (exact) mass is 479 g/mol. The molecule has 5 rings (SSSR count). The van der Waals surface area contributed by atoms with Gasteiger partial charge in [-0.25, -0.2) is 4.39 Å². The first-order chi connectivity index (χ1) is 16.8. The zero-order chi connectivity index (χ0) is 24.6. The highest BCUT2D eigenvalue weighted by Crippen LogP contribution is 2.39. The van der Waals surface area contributed by atoms with Gasteiger partial charge in [0.25, 0.3) is 0 Å². The maximum Gasteiger partial charge on any atom is 0.154 e. The quantitative estimate of drug-likeness (QED) is 0.563. The van der Waals surface area contributed by atoms with Gasteiger partial charge in [-0.2, -0.15) is 5.10 Å². The Balaban J connectivity index is 1.35. The molecule has 6 nitrogen and oxygen atoms in total. The lowest BCUT2D eigenvalue weighted by Gasteiger charge is -2.39. The van der Waals surface area contributed by atoms with Crippen LogP contribution in [0.4, 0.5) is 10.1 Å². The van der Waals surface area contributed by atoms with Gasteiger partial charge in [-0.3, -0.25) is 10.3 Å². The average molecular weight is 480 g/mol. The molecule has 2 aromatic rings. The molecule has 1 N–H and O–H groups in total. The highest BCUT2D eigenvalue weighted by Gasteiger charge is 2.41. The molecule has 0 amide bonds. The topological polar surface area (TPSA) is 55.3 Å². The van der Waals surface area contributed by atoms with Gasteiger partial charge >= 0.3 is 0 Å². The molecule has 7 heteroatoms. The van der Waals surface area contributed by atoms with Crippen LogP contribution in [0.2, 0.25) is 0 Å². The van der Waals surface area contributed by atoms with E-state index < -0.39 is 5.60 Å². The zero-order valence-corrected chi connectivity index (χ0v) is 20.9. The molecule has 3 heterocycles. The molecule has 1 atom stereocenters. The van der Waals surface area contributed by atoms with E-state index in [2.05, 4.69) is 60.5 Å². The van der Waals surface area contributed by atoms with E-state index in [0.717, 1.165) is 34.6 Å². The van der Waals surface area contributed by atoms with E-state index in [4.69, 9.17) is 14.2 Å². The number of nitrogens with zero attached hydrogens (tertiary/aromatic N) is 2. The number of hydrogen-bond acceptors (Lipinski definition) is 6. The Morgan fingerprint density at radius 2 is 1.94 bits per heavy atom. The molecule has 0 aliphatic carbocycles. The number of fused-ring (bicyclic) bond motifs is 3. The number of amidine groups is 1. The van der Waals surface area contributed by atoms with E-state index in [-0.39, 0.29) is 11.5 Å². The fourth-order valence-electron chi connectivity index (χ4n) is 5.55. The smallest absolute Gasteiger partial charge is 0.154 e. The molecule has 1 saturated heterocycles. The van der Waals surface area contributed by atoms with Crippen LogP contribution in [-0.4, -0.2) is 31.8 Å². The predicted octanol–water partition coefficient (Wildman–Crippen LogP) is 5.57. The van der Waals surface area contributed by atoms with Crippen molar-refractivity contribution < 1.29 is 18.6 Å². The maximum absolute atomic E-state index is 14.5. The molecular formula is C28H34FN3O3. The average Bonchev–Trinajstić information content (AvgIpc) is 3.18. The predicted molar refractivity (Wildman–Crippen MR) is 136 cm³/mol. The Morgan fingerprint density at radius 1 is 1.14 bits per heavy atom. The highest BCUT2D eigenvalue weighted by atomic mass is 19.1. The lowest BCUT2D eigenvalue weighted by atomic mass is 9.86. The second kappa shape index (κ2) is 9.28. The van der Waals surface area contributed by atoms with Crippen molar-refractivity contribution in [2.24, 2.45) is 11.0 Å². The summed E-state index contributed by atoms with van der Waals surface area (Å²) >= 11 is 0. The normalized spacial score (nSPS) is 22.5. The van der Waals surface area contributed by atoms with E-state index in [0.29, 0.717) is 44.3 Å². The number of halogens is 1. The molecule has 1 fully saturated rings. The van der Waals surface area contributed by atoms with Crippen molar-refractivity contribution in [3.8, 4) is 5.75 Å². The van der Waals surface area contributed by atoms with Gasteiger partial charge in [0.1, 0.15) is 23.8 Å². The number of methoxy groups -OCH3 is 1. The van der Waals surface area contributed by atoms with Gasteiger partial charge < -0.3 is 14.2 Å². The van der Waals surface area contributed by atoms with E-state index in [1.54, 1.807) is 13.2 Å². The van der Waals surface area contributed by atoms with Gasteiger partial charge in [0.2, 0.25) is 0 Å². The van der Waals surface area contributed by atoms with Gasteiger partial charge in [0.15, 0.2) is 5.84 Å². The molecule has 0 aromatic heterocycles. The third kappa shape index (κ3) is 4.55. The third-order valence-corrected chi connectivity index (χ3v) is 7.18. The highest BCUT2D eigenvalue weighted by molar-refractivity contribution is 6.13. The van der Waals surface area contributed by atoms with E-state index in [1.807, 2.05) is 12.1 Å². The van der Waals surface area contributed by atoms with Crippen LogP contribution in [-0.2, 0) is 21.7 Å². The summed E-state index contributed by atoms with van der Waals surface area (Å²) in [7, 11) is 1.68. The van der Waals surface area contributed by atoms with Crippen molar-refractivity contribution in [2.45, 2.75) is 57.9 Å². The molecular weight excluding hydrogens is 445 g/mol. The molecule has 35 heavy (non-hydrogen) atoms. The molecule has 0 bridgehead atoms. The summed E-state index contributed by atoms with van der Waals surface area (Å²) in [5.74, 6) is 1.63. The molecule has 1 unspecified atom stereocenters. The van der Waals surface area contributed by atoms with Crippen LogP contribution in [0.3, 0.4) is 0 Å². The summed E-state index contributed by atoms with van der Waals surface area (Å²) in [6, 6.07) is 11.2. The van der Waals surface area contributed by atoms with Crippen molar-refractivity contribution in [2.75, 3.05) is 25.2 Å². The van der Waals surface area contributed by atoms with Gasteiger partial charge in [-0.15, -0.1) is 0 Å². The van der Waals surface area contributed by atoms with Crippen molar-refractivity contribution >= 4 is 17.6 Å². The SMILES string of the molecule is COC1(c2cc(F)cc(OCc3ccc4c(c3)C=CC3=NNC(C)(CC(C)C)N34)c2)CCOCC1. The molecule has 3 aliphatic rings. The van der Waals surface area contributed by atoms with Crippen LogP contribution in [0.15, 0.2) is 47.6 Å². The lowest BCUT2D eigenvalue weighted by molar-refractivity contribution is -0.0950. The molecule has 0 radical (unpaired) electrons. The van der Waals surface area contributed by atoms with E-state index >= 15 is 0 Å². The van der Waals surface area contributed by atoms with Crippen LogP contribution < -0.4 is 15.1 Å². The van der Waals surface area contributed by atoms with Crippen LogP contribution in [0, 0.1) is 11.7 Å². The number of rotatable bonds is 7. The number of nitrogens with one attached hydrogen (secondary N) is 1. The Hall–Kier alpha value is -2.90. The lowest BCUT2D eigenvalue weighted by Crippen LogP contribution is -2.53. The number of anilines is 1. The number of hydrazone groups is 1. The first-order valence-electron chi connectivity index (χ1n) is 12.3. The second-order valence-electron chi connectivity index (χ2n) is 10.3. The summed E-state index contributed by atoms with van der Waals surface area (Å²) in [4.78, 5) is 2.28. The number of ether oxygens (including phenoxy) is 3. The molecule has 186 valence electrons. The van der Waals surface area contributed by atoms with Gasteiger partial charge in [0.05, 0.1) is 11.3 Å². The molecule has 0 spiro atoms. The first kappa shape index (κ1) is 23.8. The van der Waals surface area contributed by atoms with Crippen LogP contribution in [0.25, 0.3) is 6.08 Å². The maximum atomic E-state index is 14.5. The molecule has 3 aliphatic heterocycles. The Kier molecular flexibility index (Phi) is 6.32. The van der Waals surface area contributed by atoms with Gasteiger partial charge in [-0.1, -0.05) is 19.9 Å². The van der Waals surface area contributed by atoms with Gasteiger partial charge in [0, 0.05) is 39.2 Å². The number of hydrogen-bond donors (Lipinski definition) is 1. The minimum atomic E-state index is -0.541. The Bertz CT molecular complexity index is 1160. The summed E-state index contributed by atoms with van der Waals surface area (Å²) < 4.78 is 31.9. The van der Waals surface area contributed by atoms with E-state index in [9.17, 15) is 4.39 Å². The van der Waals surface area contributed by atoms with Crippen LogP contribution >= 0.6 is 0 Å². The standard InChI is InChI=1S/C28H34FN3O3/c1-19(2)17-27(3)31-30-26-8-6-21-13-20(5-7-25(21)32(26)27)18-35-24-15-22(14-23(29)16-24)28(33-4)9-11-34-12-10-28/h5-8,13-16,19,31H,9-12,17-18H2,1-4H3. The fourth-order valence-corrected chi connectivity index (χ4v) is 5.55. The summed E-state index contributed by atoms with van der Waals surface area (Å²) in [5.41, 5.74) is 6.59. The summed E-state index contributed by atoms with van der Waals surface area (Å²) in [6.07, 6.45) is 6.48. The number of benzene rings is 2. The molecule has 2 aromatic carbocycles. The van der Waals surface area contributed by atoms with Crippen molar-refractivity contribution in [3.63, 3.8) is 0 Å². The van der Waals surface area contributed by atoms with Crippen molar-refractivity contribution in [1.29, 1.82) is 0 Å². The van der Waals surface area contributed by atoms with Crippen LogP contribution in [0.1, 0.15) is 56.7 Å². The zero-order valence-electron chi connectivity index (χ0n) is 20.9. The third-order valence-electron chi connectivity index (χ3n) is 7.18. The second-order valence-corrected chi connectivity index (χ2v) is 10.3. The Morgan fingerprint density at radius 3 is 2.69 bits per heavy atom. The van der Waals surface area contributed by atoms with Crippen molar-refractivity contribution in [1.82, 2.24) is 5.43 Å². The van der Waals surface area contributed by atoms with Crippen molar-refractivity contribution in [3.05, 3.63) is 65.0 Å². The summed E-state index contributed by atoms with van der Waals surface area (Å²) in [6.45, 7) is 8.17. The molecule has 0 saturated carbocycles. The largest absolute Gasteiger partial charge is 0.489 e. The van der Waals surface area contributed by atoms with Gasteiger partial charge in [-0.05, 0) is 72.4 Å². The van der Waals surface area contributed by atoms with E-state index in [1.165, 1.54) is 6.07 Å². The first-order valence-corrected chi connectivity index (χ1v) is 12.3. The summed E-state index contributed by atoms with van der Waals surface area (Å²) in [5, 5.41) is 4.56. The Labute approximate surface area is 206 Å². The fraction of sp³-hybridized carbons (Fsp3) is 0.464. The minimum absolute atomic E-state index is 0.263.